The summed E-state index contributed by atoms with van der Waals surface area (Å²) >= 11 is 1.02. The fourth-order valence-electron chi connectivity index (χ4n) is 4.54. The average Bonchev–Trinajstić information content (AvgIpc) is 3.54. The van der Waals surface area contributed by atoms with E-state index in [4.69, 9.17) is 4.74 Å². The van der Waals surface area contributed by atoms with Crippen LogP contribution in [-0.2, 0) is 17.1 Å². The molecule has 0 unspecified atom stereocenters. The van der Waals surface area contributed by atoms with Gasteiger partial charge >= 0.3 is 0 Å². The maximum absolute atomic E-state index is 14.0. The Morgan fingerprint density at radius 3 is 2.46 bits per heavy atom. The fourth-order valence-corrected chi connectivity index (χ4v) is 6.22. The minimum Gasteiger partial charge on any atom is -0.456 e. The van der Waals surface area contributed by atoms with Gasteiger partial charge in [-0.2, -0.15) is 5.26 Å². The number of nitriles is 1. The predicted molar refractivity (Wildman–Crippen MR) is 157 cm³/mol. The molecule has 2 aromatic heterocycles. The number of pyridine rings is 1. The van der Waals surface area contributed by atoms with Crippen LogP contribution in [0.2, 0.25) is 0 Å². The summed E-state index contributed by atoms with van der Waals surface area (Å²) in [6.45, 7) is 4.96. The zero-order valence-corrected chi connectivity index (χ0v) is 24.4. The highest BCUT2D eigenvalue weighted by Gasteiger charge is 2.45. The lowest BCUT2D eigenvalue weighted by atomic mass is 10.0. The number of sulfonamides is 1. The number of benzene rings is 2. The highest BCUT2D eigenvalue weighted by atomic mass is 32.2. The van der Waals surface area contributed by atoms with Crippen molar-refractivity contribution in [1.29, 1.82) is 5.26 Å². The van der Waals surface area contributed by atoms with Crippen LogP contribution in [0.3, 0.4) is 0 Å². The number of ether oxygens (including phenoxy) is 1. The van der Waals surface area contributed by atoms with Crippen LogP contribution in [0.25, 0.3) is 21.2 Å². The number of fused-ring (bicyclic) bond motifs is 1. The Morgan fingerprint density at radius 2 is 1.85 bits per heavy atom. The van der Waals surface area contributed by atoms with Gasteiger partial charge in [-0.25, -0.2) is 12.8 Å². The summed E-state index contributed by atoms with van der Waals surface area (Å²) in [6.07, 6.45) is 2.73. The normalized spacial score (nSPS) is 14.0. The van der Waals surface area contributed by atoms with Crippen LogP contribution in [0.1, 0.15) is 40.6 Å². The number of carbonyl (C=O) groups excluding carboxylic acids is 1. The molecular formula is C29H27FN4O5S2. The number of nitrogens with zero attached hydrogens (tertiary/aromatic N) is 2. The second-order valence-corrected chi connectivity index (χ2v) is 13.2. The third kappa shape index (κ3) is 5.55. The van der Waals surface area contributed by atoms with Crippen molar-refractivity contribution in [2.45, 2.75) is 39.2 Å². The number of aryl methyl sites for hydroxylation is 3. The summed E-state index contributed by atoms with van der Waals surface area (Å²) in [7, 11) is -2.02. The minimum absolute atomic E-state index is 0.133. The number of thiophene rings is 1. The van der Waals surface area contributed by atoms with Crippen LogP contribution in [-0.4, -0.2) is 30.2 Å². The zero-order valence-electron chi connectivity index (χ0n) is 22.8. The molecule has 0 bridgehead atoms. The van der Waals surface area contributed by atoms with E-state index in [0.717, 1.165) is 11.3 Å². The number of rotatable bonds is 8. The molecule has 12 heteroatoms. The standard InChI is InChI=1S/C29H27FN4O5S2/c1-5-41(37,38)33-19-6-7-23(39-25-16(2)10-18(30)11-17(25)3)20(12-19)22-14-34(4)28(36)26-21(22)13-24(40-26)27(35)32-29(15-31)8-9-29/h6-7,10-14,33H,5,8-9H2,1-4H3,(H,32,35). The molecule has 1 saturated carbocycles. The van der Waals surface area contributed by atoms with Crippen molar-refractivity contribution in [3.63, 3.8) is 0 Å². The van der Waals surface area contributed by atoms with Gasteiger partial charge in [0, 0.05) is 35.4 Å². The van der Waals surface area contributed by atoms with Crippen molar-refractivity contribution in [2.75, 3.05) is 10.5 Å². The third-order valence-electron chi connectivity index (χ3n) is 6.96. The first-order valence-corrected chi connectivity index (χ1v) is 15.3. The van der Waals surface area contributed by atoms with E-state index in [2.05, 4.69) is 16.1 Å². The molecule has 9 nitrogen and oxygen atoms in total. The lowest BCUT2D eigenvalue weighted by Crippen LogP contribution is -2.35. The Kier molecular flexibility index (Phi) is 7.13. The fraction of sp³-hybridized carbons (Fsp3) is 0.276. The molecule has 0 radical (unpaired) electrons. The van der Waals surface area contributed by atoms with Gasteiger partial charge in [-0.3, -0.25) is 14.3 Å². The Hall–Kier alpha value is -4.21. The highest BCUT2D eigenvalue weighted by Crippen LogP contribution is 2.42. The van der Waals surface area contributed by atoms with Crippen molar-refractivity contribution < 1.29 is 22.3 Å². The Labute approximate surface area is 240 Å². The van der Waals surface area contributed by atoms with Gasteiger partial charge in [0.25, 0.3) is 11.5 Å². The molecule has 2 N–H and O–H groups in total. The molecular weight excluding hydrogens is 567 g/mol. The van der Waals surface area contributed by atoms with E-state index in [1.807, 2.05) is 0 Å². The van der Waals surface area contributed by atoms with Gasteiger partial charge in [0.15, 0.2) is 0 Å². The van der Waals surface area contributed by atoms with Crippen LogP contribution < -0.4 is 20.3 Å². The number of halogens is 1. The molecule has 0 atom stereocenters. The maximum Gasteiger partial charge on any atom is 0.268 e. The molecule has 1 fully saturated rings. The number of anilines is 1. The molecule has 212 valence electrons. The molecule has 0 spiro atoms. The molecule has 41 heavy (non-hydrogen) atoms. The number of carbonyl (C=O) groups is 1. The number of nitrogens with one attached hydrogen (secondary N) is 2. The summed E-state index contributed by atoms with van der Waals surface area (Å²) in [4.78, 5) is 26.4. The largest absolute Gasteiger partial charge is 0.456 e. The van der Waals surface area contributed by atoms with Gasteiger partial charge in [0.05, 0.1) is 16.7 Å². The minimum atomic E-state index is -3.60. The van der Waals surface area contributed by atoms with Crippen molar-refractivity contribution in [3.05, 3.63) is 74.8 Å². The van der Waals surface area contributed by atoms with Gasteiger partial charge in [-0.1, -0.05) is 0 Å². The Morgan fingerprint density at radius 1 is 1.17 bits per heavy atom. The van der Waals surface area contributed by atoms with Gasteiger partial charge in [0.2, 0.25) is 10.0 Å². The van der Waals surface area contributed by atoms with Crippen molar-refractivity contribution in [3.8, 4) is 28.7 Å². The number of hydrogen-bond donors (Lipinski definition) is 2. The lowest BCUT2D eigenvalue weighted by molar-refractivity contribution is 0.0945. The van der Waals surface area contributed by atoms with E-state index in [1.54, 1.807) is 51.4 Å². The summed E-state index contributed by atoms with van der Waals surface area (Å²) in [5, 5.41) is 12.6. The molecule has 1 aliphatic rings. The monoisotopic (exact) mass is 594 g/mol. The average molecular weight is 595 g/mol. The summed E-state index contributed by atoms with van der Waals surface area (Å²) < 4.78 is 49.3. The van der Waals surface area contributed by atoms with Crippen LogP contribution in [0.4, 0.5) is 10.1 Å². The first-order valence-electron chi connectivity index (χ1n) is 12.8. The molecule has 0 saturated heterocycles. The number of hydrogen-bond acceptors (Lipinski definition) is 7. The lowest BCUT2D eigenvalue weighted by Gasteiger charge is -2.18. The molecule has 2 heterocycles. The van der Waals surface area contributed by atoms with E-state index >= 15 is 0 Å². The second-order valence-electron chi connectivity index (χ2n) is 10.1. The highest BCUT2D eigenvalue weighted by molar-refractivity contribution is 7.92. The molecule has 5 rings (SSSR count). The smallest absolute Gasteiger partial charge is 0.268 e. The molecule has 2 aromatic carbocycles. The maximum atomic E-state index is 14.0. The van der Waals surface area contributed by atoms with Crippen LogP contribution in [0.5, 0.6) is 11.5 Å². The molecule has 1 amide bonds. The molecule has 1 aliphatic carbocycles. The quantitative estimate of drug-likeness (QED) is 0.282. The predicted octanol–water partition coefficient (Wildman–Crippen LogP) is 5.36. The van der Waals surface area contributed by atoms with Crippen LogP contribution >= 0.6 is 11.3 Å². The Bertz CT molecular complexity index is 1910. The SMILES string of the molecule is CCS(=O)(=O)Nc1ccc(Oc2c(C)cc(F)cc2C)c(-c2cn(C)c(=O)c3sc(C(=O)NC4(C#N)CC4)cc23)c1. The second kappa shape index (κ2) is 10.3. The van der Waals surface area contributed by atoms with E-state index in [0.29, 0.717) is 56.7 Å². The first kappa shape index (κ1) is 28.3. The van der Waals surface area contributed by atoms with Crippen molar-refractivity contribution >= 4 is 43.0 Å². The van der Waals surface area contributed by atoms with Gasteiger partial charge in [-0.05, 0) is 81.1 Å². The summed E-state index contributed by atoms with van der Waals surface area (Å²) in [5.74, 6) is -0.207. The summed E-state index contributed by atoms with van der Waals surface area (Å²) in [6, 6.07) is 11.2. The van der Waals surface area contributed by atoms with Crippen molar-refractivity contribution in [2.24, 2.45) is 7.05 Å². The van der Waals surface area contributed by atoms with Crippen molar-refractivity contribution in [1.82, 2.24) is 9.88 Å². The Balaban J connectivity index is 1.70. The van der Waals surface area contributed by atoms with Crippen LogP contribution in [0, 0.1) is 31.0 Å². The van der Waals surface area contributed by atoms with E-state index in [1.165, 1.54) is 23.6 Å². The van der Waals surface area contributed by atoms with Gasteiger partial charge in [0.1, 0.15) is 27.6 Å². The molecule has 4 aromatic rings. The first-order chi connectivity index (χ1) is 19.3. The summed E-state index contributed by atoms with van der Waals surface area (Å²) in [5.41, 5.74) is 1.19. The van der Waals surface area contributed by atoms with E-state index in [9.17, 15) is 27.7 Å². The topological polar surface area (TPSA) is 130 Å². The number of aromatic nitrogens is 1. The number of amides is 1. The van der Waals surface area contributed by atoms with Gasteiger partial charge < -0.3 is 14.6 Å². The van der Waals surface area contributed by atoms with E-state index < -0.39 is 27.3 Å². The van der Waals surface area contributed by atoms with Gasteiger partial charge in [-0.15, -0.1) is 11.3 Å². The third-order valence-corrected chi connectivity index (χ3v) is 9.39. The molecule has 0 aliphatic heterocycles. The zero-order chi connectivity index (χ0) is 29.7. The van der Waals surface area contributed by atoms with Crippen LogP contribution in [0.15, 0.2) is 47.4 Å². The van der Waals surface area contributed by atoms with E-state index in [-0.39, 0.29) is 21.9 Å².